The number of hydrogen-bond donors (Lipinski definition) is 0. The fourth-order valence-corrected chi connectivity index (χ4v) is 2.38. The van der Waals surface area contributed by atoms with Gasteiger partial charge in [-0.15, -0.1) is 0 Å². The van der Waals surface area contributed by atoms with Crippen molar-refractivity contribution < 1.29 is 9.53 Å². The number of rotatable bonds is 4. The number of carbonyl (C=O) groups is 1. The monoisotopic (exact) mass is 263 g/mol. The van der Waals surface area contributed by atoms with Gasteiger partial charge in [-0.1, -0.05) is 0 Å². The summed E-state index contributed by atoms with van der Waals surface area (Å²) in [6.07, 6.45) is 7.73. The van der Waals surface area contributed by atoms with Gasteiger partial charge < -0.3 is 9.64 Å². The maximum atomic E-state index is 12.3. The number of amides is 1. The van der Waals surface area contributed by atoms with E-state index in [4.69, 9.17) is 4.74 Å². The summed E-state index contributed by atoms with van der Waals surface area (Å²) in [5.74, 6) is 0.177. The van der Waals surface area contributed by atoms with Gasteiger partial charge in [0.15, 0.2) is 0 Å². The summed E-state index contributed by atoms with van der Waals surface area (Å²) in [5.41, 5.74) is 0.912. The van der Waals surface area contributed by atoms with Crippen LogP contribution in [0, 0.1) is 5.92 Å². The number of nitrogens with zero attached hydrogens (tertiary/aromatic N) is 3. The van der Waals surface area contributed by atoms with Gasteiger partial charge in [-0.3, -0.25) is 14.8 Å². The van der Waals surface area contributed by atoms with Crippen molar-refractivity contribution in [3.8, 4) is 0 Å². The summed E-state index contributed by atoms with van der Waals surface area (Å²) < 4.78 is 5.55. The summed E-state index contributed by atoms with van der Waals surface area (Å²) in [5, 5.41) is 0. The second-order valence-electron chi connectivity index (χ2n) is 5.03. The number of carbonyl (C=O) groups excluding carboxylic acids is 1. The molecular formula is C14H21N3O2. The Kier molecular flexibility index (Phi) is 4.85. The Bertz CT molecular complexity index is 410. The first-order chi connectivity index (χ1) is 9.18. The highest BCUT2D eigenvalue weighted by molar-refractivity contribution is 5.79. The zero-order valence-electron chi connectivity index (χ0n) is 11.6. The lowest BCUT2D eigenvalue weighted by molar-refractivity contribution is -0.142. The number of hydrogen-bond acceptors (Lipinski definition) is 4. The summed E-state index contributed by atoms with van der Waals surface area (Å²) in [6.45, 7) is 3.42. The first kappa shape index (κ1) is 13.9. The third-order valence-electron chi connectivity index (χ3n) is 3.62. The molecule has 1 fully saturated rings. The highest BCUT2D eigenvalue weighted by Crippen LogP contribution is 2.22. The number of aromatic nitrogens is 2. The lowest BCUT2D eigenvalue weighted by atomic mass is 9.94. The van der Waals surface area contributed by atoms with E-state index in [1.807, 2.05) is 14.0 Å². The molecule has 0 unspecified atom stereocenters. The minimum atomic E-state index is 0.000563. The van der Waals surface area contributed by atoms with E-state index in [-0.39, 0.29) is 17.9 Å². The second-order valence-corrected chi connectivity index (χ2v) is 5.03. The predicted octanol–water partition coefficient (Wildman–Crippen LogP) is 1.29. The van der Waals surface area contributed by atoms with Crippen molar-refractivity contribution in [3.63, 3.8) is 0 Å². The molecule has 2 rings (SSSR count). The van der Waals surface area contributed by atoms with Crippen LogP contribution in [-0.2, 0) is 16.0 Å². The zero-order valence-corrected chi connectivity index (χ0v) is 11.6. The van der Waals surface area contributed by atoms with E-state index < -0.39 is 0 Å². The van der Waals surface area contributed by atoms with Crippen LogP contribution in [0.4, 0.5) is 0 Å². The Balaban J connectivity index is 1.85. The molecule has 1 aromatic heterocycles. The molecule has 0 aromatic carbocycles. The van der Waals surface area contributed by atoms with Gasteiger partial charge in [0.1, 0.15) is 0 Å². The average Bonchev–Trinajstić information content (AvgIpc) is 2.45. The quantitative estimate of drug-likeness (QED) is 0.821. The molecule has 0 spiro atoms. The fourth-order valence-electron chi connectivity index (χ4n) is 2.38. The van der Waals surface area contributed by atoms with Crippen molar-refractivity contribution in [1.82, 2.24) is 14.9 Å². The van der Waals surface area contributed by atoms with E-state index >= 15 is 0 Å². The van der Waals surface area contributed by atoms with Crippen molar-refractivity contribution in [1.29, 1.82) is 0 Å². The molecule has 19 heavy (non-hydrogen) atoms. The summed E-state index contributed by atoms with van der Waals surface area (Å²) in [7, 11) is 1.85. The molecule has 104 valence electrons. The Morgan fingerprint density at radius 1 is 1.53 bits per heavy atom. The average molecular weight is 263 g/mol. The molecule has 1 aliphatic heterocycles. The van der Waals surface area contributed by atoms with Crippen LogP contribution < -0.4 is 0 Å². The minimum absolute atomic E-state index is 0.000563. The largest absolute Gasteiger partial charge is 0.378 e. The van der Waals surface area contributed by atoms with E-state index in [0.717, 1.165) is 31.6 Å². The van der Waals surface area contributed by atoms with Gasteiger partial charge in [-0.25, -0.2) is 0 Å². The predicted molar refractivity (Wildman–Crippen MR) is 71.5 cm³/mol. The van der Waals surface area contributed by atoms with Crippen LogP contribution in [0.25, 0.3) is 0 Å². The van der Waals surface area contributed by atoms with Gasteiger partial charge in [0.2, 0.25) is 5.91 Å². The van der Waals surface area contributed by atoms with Crippen LogP contribution in [-0.4, -0.2) is 47.1 Å². The van der Waals surface area contributed by atoms with Crippen LogP contribution >= 0.6 is 0 Å². The Morgan fingerprint density at radius 3 is 3.05 bits per heavy atom. The van der Waals surface area contributed by atoms with Gasteiger partial charge in [0.25, 0.3) is 0 Å². The molecule has 1 aromatic rings. The van der Waals surface area contributed by atoms with Gasteiger partial charge in [-0.2, -0.15) is 0 Å². The lowest BCUT2D eigenvalue weighted by Gasteiger charge is -2.31. The first-order valence-electron chi connectivity index (χ1n) is 6.80. The summed E-state index contributed by atoms with van der Waals surface area (Å²) >= 11 is 0. The molecule has 1 amide bonds. The normalized spacial score (nSPS) is 23.1. The van der Waals surface area contributed by atoms with E-state index in [1.54, 1.807) is 23.5 Å². The van der Waals surface area contributed by atoms with Gasteiger partial charge >= 0.3 is 0 Å². The van der Waals surface area contributed by atoms with Crippen molar-refractivity contribution in [2.75, 3.05) is 20.2 Å². The molecule has 0 aliphatic carbocycles. The summed E-state index contributed by atoms with van der Waals surface area (Å²) in [4.78, 5) is 22.4. The Hall–Kier alpha value is -1.49. The third kappa shape index (κ3) is 3.73. The Labute approximate surface area is 114 Å². The molecule has 0 bridgehead atoms. The van der Waals surface area contributed by atoms with Gasteiger partial charge in [0.05, 0.1) is 17.7 Å². The molecule has 1 aliphatic rings. The van der Waals surface area contributed by atoms with Crippen molar-refractivity contribution in [3.05, 3.63) is 24.3 Å². The SMILES string of the molecule is C[C@@H]1OCCC[C@@H]1C(=O)N(C)CCc1cnccn1. The van der Waals surface area contributed by atoms with E-state index in [1.165, 1.54) is 0 Å². The zero-order chi connectivity index (χ0) is 13.7. The Morgan fingerprint density at radius 2 is 2.37 bits per heavy atom. The highest BCUT2D eigenvalue weighted by atomic mass is 16.5. The smallest absolute Gasteiger partial charge is 0.228 e. The topological polar surface area (TPSA) is 55.3 Å². The minimum Gasteiger partial charge on any atom is -0.378 e. The molecule has 0 saturated carbocycles. The standard InChI is InChI=1S/C14H21N3O2/c1-11-13(4-3-9-19-11)14(18)17(2)8-5-12-10-15-6-7-16-12/h6-7,10-11,13H,3-5,8-9H2,1-2H3/t11-,13-/m0/s1. The molecule has 2 atom stereocenters. The maximum absolute atomic E-state index is 12.3. The number of likely N-dealkylation sites (N-methyl/N-ethyl adjacent to an activating group) is 1. The molecule has 2 heterocycles. The first-order valence-corrected chi connectivity index (χ1v) is 6.80. The molecule has 0 N–H and O–H groups in total. The van der Waals surface area contributed by atoms with E-state index in [2.05, 4.69) is 9.97 Å². The van der Waals surface area contributed by atoms with Crippen LogP contribution in [0.3, 0.4) is 0 Å². The molecule has 5 heteroatoms. The highest BCUT2D eigenvalue weighted by Gasteiger charge is 2.30. The van der Waals surface area contributed by atoms with Gasteiger partial charge in [-0.05, 0) is 19.8 Å². The molecule has 5 nitrogen and oxygen atoms in total. The van der Waals surface area contributed by atoms with E-state index in [0.29, 0.717) is 6.54 Å². The molecular weight excluding hydrogens is 242 g/mol. The second kappa shape index (κ2) is 6.61. The molecule has 0 radical (unpaired) electrons. The van der Waals surface area contributed by atoms with Gasteiger partial charge in [0, 0.05) is 45.2 Å². The van der Waals surface area contributed by atoms with Crippen molar-refractivity contribution in [2.24, 2.45) is 5.92 Å². The number of ether oxygens (including phenoxy) is 1. The van der Waals surface area contributed by atoms with Crippen LogP contribution in [0.5, 0.6) is 0 Å². The van der Waals surface area contributed by atoms with Crippen molar-refractivity contribution >= 4 is 5.91 Å². The fraction of sp³-hybridized carbons (Fsp3) is 0.643. The lowest BCUT2D eigenvalue weighted by Crippen LogP contribution is -2.41. The van der Waals surface area contributed by atoms with Crippen LogP contribution in [0.2, 0.25) is 0 Å². The third-order valence-corrected chi connectivity index (χ3v) is 3.62. The maximum Gasteiger partial charge on any atom is 0.228 e. The van der Waals surface area contributed by atoms with E-state index in [9.17, 15) is 4.79 Å². The summed E-state index contributed by atoms with van der Waals surface area (Å²) in [6, 6.07) is 0. The van der Waals surface area contributed by atoms with Crippen LogP contribution in [0.15, 0.2) is 18.6 Å². The van der Waals surface area contributed by atoms with Crippen molar-refractivity contribution in [2.45, 2.75) is 32.3 Å². The molecule has 1 saturated heterocycles. The van der Waals surface area contributed by atoms with Crippen LogP contribution in [0.1, 0.15) is 25.5 Å².